The number of nitrogens with one attached hydrogen (secondary N) is 2. The molecule has 0 aliphatic rings. The fraction of sp³-hybridized carbons (Fsp3) is 0.200. The highest BCUT2D eigenvalue weighted by Gasteiger charge is 2.07. The molecular weight excluding hydrogens is 246 g/mol. The Kier molecular flexibility index (Phi) is 4.52. The molecule has 1 aromatic carbocycles. The lowest BCUT2D eigenvalue weighted by molar-refractivity contribution is -0.118. The van der Waals surface area contributed by atoms with E-state index >= 15 is 0 Å². The van der Waals surface area contributed by atoms with E-state index in [2.05, 4.69) is 10.6 Å². The number of halogens is 1. The minimum absolute atomic E-state index is 0.121. The molecule has 6 heteroatoms. The van der Waals surface area contributed by atoms with E-state index in [1.54, 1.807) is 25.2 Å². The Bertz CT molecular complexity index is 423. The van der Waals surface area contributed by atoms with Crippen molar-refractivity contribution < 1.29 is 4.79 Å². The van der Waals surface area contributed by atoms with Gasteiger partial charge in [-0.25, -0.2) is 0 Å². The van der Waals surface area contributed by atoms with Crippen LogP contribution in [-0.4, -0.2) is 24.5 Å². The first kappa shape index (κ1) is 12.7. The summed E-state index contributed by atoms with van der Waals surface area (Å²) in [6.07, 6.45) is 0. The highest BCUT2D eigenvalue weighted by Crippen LogP contribution is 2.20. The van der Waals surface area contributed by atoms with Crippen molar-refractivity contribution >= 4 is 40.4 Å². The molecule has 0 saturated heterocycles. The van der Waals surface area contributed by atoms with Crippen molar-refractivity contribution in [3.8, 4) is 0 Å². The summed E-state index contributed by atoms with van der Waals surface area (Å²) in [6.45, 7) is 0.160. The summed E-state index contributed by atoms with van der Waals surface area (Å²) < 4.78 is 0. The predicted molar refractivity (Wildman–Crippen MR) is 69.9 cm³/mol. The van der Waals surface area contributed by atoms with Crippen molar-refractivity contribution in [1.82, 2.24) is 5.32 Å². The highest BCUT2D eigenvalue weighted by atomic mass is 35.5. The zero-order chi connectivity index (χ0) is 12.1. The number of carbonyl (C=O) groups excluding carboxylic acids is 1. The molecule has 0 aliphatic heterocycles. The molecule has 0 radical (unpaired) electrons. The second-order valence-electron chi connectivity index (χ2n) is 3.08. The maximum Gasteiger partial charge on any atom is 0.239 e. The van der Waals surface area contributed by atoms with Gasteiger partial charge in [0.2, 0.25) is 5.91 Å². The van der Waals surface area contributed by atoms with Gasteiger partial charge in [-0.15, -0.1) is 0 Å². The number of rotatable bonds is 4. The van der Waals surface area contributed by atoms with Crippen LogP contribution in [0.1, 0.15) is 5.56 Å². The lowest BCUT2D eigenvalue weighted by atomic mass is 10.2. The molecule has 0 aliphatic carbocycles. The van der Waals surface area contributed by atoms with Gasteiger partial charge in [0.05, 0.1) is 6.54 Å². The molecule has 0 heterocycles. The third-order valence-electron chi connectivity index (χ3n) is 1.97. The van der Waals surface area contributed by atoms with Crippen molar-refractivity contribution in [3.63, 3.8) is 0 Å². The van der Waals surface area contributed by atoms with Crippen LogP contribution in [0, 0.1) is 0 Å². The molecule has 0 spiro atoms. The first-order chi connectivity index (χ1) is 7.54. The molecule has 1 aromatic rings. The molecule has 0 saturated carbocycles. The van der Waals surface area contributed by atoms with Crippen LogP contribution in [0.25, 0.3) is 0 Å². The molecule has 0 fully saturated rings. The van der Waals surface area contributed by atoms with Crippen LogP contribution in [0.5, 0.6) is 0 Å². The van der Waals surface area contributed by atoms with E-state index in [1.165, 1.54) is 0 Å². The smallest absolute Gasteiger partial charge is 0.239 e. The number of benzene rings is 1. The molecular formula is C10H12ClN3OS. The van der Waals surface area contributed by atoms with E-state index in [0.29, 0.717) is 16.3 Å². The Morgan fingerprint density at radius 1 is 1.56 bits per heavy atom. The summed E-state index contributed by atoms with van der Waals surface area (Å²) in [4.78, 5) is 11.3. The van der Waals surface area contributed by atoms with Crippen molar-refractivity contribution in [2.24, 2.45) is 5.73 Å². The van der Waals surface area contributed by atoms with Crippen LogP contribution >= 0.6 is 23.8 Å². The standard InChI is InChI=1S/C10H12ClN3OS/c1-13-9(15)5-14-8-3-2-6(11)4-7(8)10(12)16/h2-4,14H,5H2,1H3,(H2,12,16)(H,13,15). The molecule has 0 atom stereocenters. The summed E-state index contributed by atoms with van der Waals surface area (Å²) in [5.74, 6) is -0.121. The van der Waals surface area contributed by atoms with E-state index in [-0.39, 0.29) is 17.4 Å². The fourth-order valence-corrected chi connectivity index (χ4v) is 1.48. The van der Waals surface area contributed by atoms with Crippen molar-refractivity contribution in [3.05, 3.63) is 28.8 Å². The van der Waals surface area contributed by atoms with Crippen LogP contribution < -0.4 is 16.4 Å². The lowest BCUT2D eigenvalue weighted by Crippen LogP contribution is -2.27. The topological polar surface area (TPSA) is 67.2 Å². The summed E-state index contributed by atoms with van der Waals surface area (Å²) in [5.41, 5.74) is 6.88. The average molecular weight is 258 g/mol. The Morgan fingerprint density at radius 3 is 2.81 bits per heavy atom. The largest absolute Gasteiger partial charge is 0.389 e. The lowest BCUT2D eigenvalue weighted by Gasteiger charge is -2.10. The van der Waals surface area contributed by atoms with E-state index in [4.69, 9.17) is 29.6 Å². The van der Waals surface area contributed by atoms with Gasteiger partial charge in [-0.2, -0.15) is 0 Å². The molecule has 4 nitrogen and oxygen atoms in total. The second kappa shape index (κ2) is 5.67. The highest BCUT2D eigenvalue weighted by molar-refractivity contribution is 7.80. The van der Waals surface area contributed by atoms with Crippen molar-refractivity contribution in [1.29, 1.82) is 0 Å². The number of nitrogens with two attached hydrogens (primary N) is 1. The Balaban J connectivity index is 2.87. The Labute approximate surface area is 104 Å². The monoisotopic (exact) mass is 257 g/mol. The van der Waals surface area contributed by atoms with Crippen molar-refractivity contribution in [2.45, 2.75) is 0 Å². The second-order valence-corrected chi connectivity index (χ2v) is 3.96. The normalized spacial score (nSPS) is 9.62. The van der Waals surface area contributed by atoms with Crippen LogP contribution in [0.15, 0.2) is 18.2 Å². The van der Waals surface area contributed by atoms with E-state index in [0.717, 1.165) is 0 Å². The maximum atomic E-state index is 11.1. The number of amides is 1. The summed E-state index contributed by atoms with van der Waals surface area (Å²) in [7, 11) is 1.57. The molecule has 4 N–H and O–H groups in total. The average Bonchev–Trinajstić information content (AvgIpc) is 2.26. The maximum absolute atomic E-state index is 11.1. The quantitative estimate of drug-likeness (QED) is 0.708. The molecule has 1 amide bonds. The van der Waals surface area contributed by atoms with E-state index in [1.807, 2.05) is 0 Å². The van der Waals surface area contributed by atoms with Gasteiger partial charge in [0, 0.05) is 23.3 Å². The van der Waals surface area contributed by atoms with Gasteiger partial charge in [-0.3, -0.25) is 4.79 Å². The van der Waals surface area contributed by atoms with Crippen LogP contribution in [0.3, 0.4) is 0 Å². The van der Waals surface area contributed by atoms with Crippen LogP contribution in [0.2, 0.25) is 5.02 Å². The molecule has 0 bridgehead atoms. The number of anilines is 1. The zero-order valence-corrected chi connectivity index (χ0v) is 10.3. The predicted octanol–water partition coefficient (Wildman–Crippen LogP) is 1.13. The first-order valence-electron chi connectivity index (χ1n) is 4.58. The van der Waals surface area contributed by atoms with E-state index < -0.39 is 0 Å². The SMILES string of the molecule is CNC(=O)CNc1ccc(Cl)cc1C(N)=S. The summed E-state index contributed by atoms with van der Waals surface area (Å²) in [6, 6.07) is 5.10. The van der Waals surface area contributed by atoms with Crippen molar-refractivity contribution in [2.75, 3.05) is 18.9 Å². The third-order valence-corrected chi connectivity index (χ3v) is 2.42. The minimum Gasteiger partial charge on any atom is -0.389 e. The van der Waals surface area contributed by atoms with Gasteiger partial charge in [0.15, 0.2) is 0 Å². The van der Waals surface area contributed by atoms with Gasteiger partial charge in [0.25, 0.3) is 0 Å². The number of likely N-dealkylation sites (N-methyl/N-ethyl adjacent to an activating group) is 1. The van der Waals surface area contributed by atoms with Gasteiger partial charge >= 0.3 is 0 Å². The Morgan fingerprint density at radius 2 is 2.25 bits per heavy atom. The molecule has 0 aromatic heterocycles. The molecule has 16 heavy (non-hydrogen) atoms. The molecule has 0 unspecified atom stereocenters. The van der Waals surface area contributed by atoms with E-state index in [9.17, 15) is 4.79 Å². The van der Waals surface area contributed by atoms with Gasteiger partial charge in [-0.05, 0) is 18.2 Å². The summed E-state index contributed by atoms with van der Waals surface area (Å²) >= 11 is 10.7. The number of thiocarbonyl (C=S) groups is 1. The minimum atomic E-state index is -0.121. The number of carbonyl (C=O) groups is 1. The van der Waals surface area contributed by atoms with Gasteiger partial charge in [-0.1, -0.05) is 23.8 Å². The molecule has 1 rings (SSSR count). The number of hydrogen-bond donors (Lipinski definition) is 3. The zero-order valence-electron chi connectivity index (χ0n) is 8.71. The first-order valence-corrected chi connectivity index (χ1v) is 5.37. The number of hydrogen-bond acceptors (Lipinski definition) is 3. The van der Waals surface area contributed by atoms with Crippen LogP contribution in [0.4, 0.5) is 5.69 Å². The fourth-order valence-electron chi connectivity index (χ4n) is 1.14. The molecule has 86 valence electrons. The van der Waals surface area contributed by atoms with Crippen LogP contribution in [-0.2, 0) is 4.79 Å². The van der Waals surface area contributed by atoms with Gasteiger partial charge < -0.3 is 16.4 Å². The third kappa shape index (κ3) is 3.36. The van der Waals surface area contributed by atoms with Gasteiger partial charge in [0.1, 0.15) is 4.99 Å². The summed E-state index contributed by atoms with van der Waals surface area (Å²) in [5, 5.41) is 5.99. The Hall–Kier alpha value is -1.33.